The third kappa shape index (κ3) is 3.99. The molecule has 3 heterocycles. The standard InChI is InChI=1S/C23H26N4O5/c1-24-23(29)32-15-10-27(11-15)13-19-20(30-3)7-14(8-21(19)31-4)18-12-26(2)22(28)17-9-25-6-5-16(17)18/h5-9,12,15H,10-11,13H2,1-4H3,(H,24,29). The van der Waals surface area contributed by atoms with Gasteiger partial charge in [-0.25, -0.2) is 4.79 Å². The van der Waals surface area contributed by atoms with E-state index in [4.69, 9.17) is 14.2 Å². The smallest absolute Gasteiger partial charge is 0.407 e. The summed E-state index contributed by atoms with van der Waals surface area (Å²) in [5.74, 6) is 1.37. The van der Waals surface area contributed by atoms with Gasteiger partial charge in [-0.05, 0) is 29.1 Å². The molecule has 32 heavy (non-hydrogen) atoms. The quantitative estimate of drug-likeness (QED) is 0.630. The SMILES string of the molecule is CNC(=O)OC1CN(Cc2c(OC)cc(-c3cn(C)c(=O)c4cnccc34)cc2OC)C1. The molecule has 0 atom stereocenters. The topological polar surface area (TPSA) is 94.9 Å². The summed E-state index contributed by atoms with van der Waals surface area (Å²) in [6.45, 7) is 1.87. The number of amides is 1. The number of carbonyl (C=O) groups excluding carboxylic acids is 1. The first-order chi connectivity index (χ1) is 15.4. The number of fused-ring (bicyclic) bond motifs is 1. The van der Waals surface area contributed by atoms with Gasteiger partial charge in [-0.3, -0.25) is 14.7 Å². The lowest BCUT2D eigenvalue weighted by Crippen LogP contribution is -2.52. The summed E-state index contributed by atoms with van der Waals surface area (Å²) in [6.07, 6.45) is 4.53. The molecular formula is C23H26N4O5. The van der Waals surface area contributed by atoms with Crippen molar-refractivity contribution in [3.63, 3.8) is 0 Å². The molecular weight excluding hydrogens is 412 g/mol. The Balaban J connectivity index is 1.68. The van der Waals surface area contributed by atoms with Crippen molar-refractivity contribution in [2.45, 2.75) is 12.6 Å². The second kappa shape index (κ2) is 8.88. The van der Waals surface area contributed by atoms with Gasteiger partial charge < -0.3 is 24.1 Å². The average molecular weight is 438 g/mol. The molecule has 4 rings (SSSR count). The van der Waals surface area contributed by atoms with Crippen LogP contribution in [0.4, 0.5) is 4.79 Å². The van der Waals surface area contributed by atoms with Crippen molar-refractivity contribution < 1.29 is 19.0 Å². The van der Waals surface area contributed by atoms with Gasteiger partial charge in [-0.15, -0.1) is 0 Å². The molecule has 9 nitrogen and oxygen atoms in total. The van der Waals surface area contributed by atoms with Gasteiger partial charge in [0.2, 0.25) is 0 Å². The van der Waals surface area contributed by atoms with Crippen LogP contribution in [-0.2, 0) is 18.3 Å². The molecule has 0 bridgehead atoms. The second-order valence-electron chi connectivity index (χ2n) is 7.71. The molecule has 1 N–H and O–H groups in total. The predicted molar refractivity (Wildman–Crippen MR) is 120 cm³/mol. The van der Waals surface area contributed by atoms with Crippen molar-refractivity contribution >= 4 is 16.9 Å². The lowest BCUT2D eigenvalue weighted by atomic mass is 9.98. The molecule has 2 aromatic heterocycles. The van der Waals surface area contributed by atoms with Crippen LogP contribution in [0.15, 0.2) is 41.6 Å². The van der Waals surface area contributed by atoms with Crippen LogP contribution >= 0.6 is 0 Å². The van der Waals surface area contributed by atoms with Crippen molar-refractivity contribution in [2.24, 2.45) is 7.05 Å². The number of benzene rings is 1. The number of pyridine rings is 2. The van der Waals surface area contributed by atoms with Crippen LogP contribution in [0.2, 0.25) is 0 Å². The largest absolute Gasteiger partial charge is 0.496 e. The molecule has 1 saturated heterocycles. The Bertz CT molecular complexity index is 1190. The van der Waals surface area contributed by atoms with Gasteiger partial charge in [0.25, 0.3) is 5.56 Å². The molecule has 1 fully saturated rings. The van der Waals surface area contributed by atoms with E-state index in [9.17, 15) is 9.59 Å². The maximum absolute atomic E-state index is 12.5. The summed E-state index contributed by atoms with van der Waals surface area (Å²) in [6, 6.07) is 5.75. The van der Waals surface area contributed by atoms with Gasteiger partial charge in [0.05, 0.1) is 25.2 Å². The van der Waals surface area contributed by atoms with Crippen molar-refractivity contribution in [2.75, 3.05) is 34.4 Å². The molecule has 0 radical (unpaired) electrons. The number of carbonyl (C=O) groups is 1. The fourth-order valence-corrected chi connectivity index (χ4v) is 4.00. The molecule has 0 spiro atoms. The van der Waals surface area contributed by atoms with Crippen LogP contribution in [0.3, 0.4) is 0 Å². The Kier molecular flexibility index (Phi) is 6.00. The highest BCUT2D eigenvalue weighted by Gasteiger charge is 2.31. The van der Waals surface area contributed by atoms with E-state index < -0.39 is 6.09 Å². The molecule has 3 aromatic rings. The van der Waals surface area contributed by atoms with Gasteiger partial charge in [-0.2, -0.15) is 0 Å². The van der Waals surface area contributed by atoms with Crippen molar-refractivity contribution in [1.29, 1.82) is 0 Å². The number of aromatic nitrogens is 2. The first-order valence-electron chi connectivity index (χ1n) is 10.2. The minimum Gasteiger partial charge on any atom is -0.496 e. The highest BCUT2D eigenvalue weighted by molar-refractivity contribution is 5.95. The molecule has 9 heteroatoms. The number of rotatable bonds is 6. The predicted octanol–water partition coefficient (Wildman–Crippen LogP) is 2.16. The van der Waals surface area contributed by atoms with Crippen LogP contribution < -0.4 is 20.3 Å². The summed E-state index contributed by atoms with van der Waals surface area (Å²) in [5.41, 5.74) is 2.57. The second-order valence-corrected chi connectivity index (χ2v) is 7.71. The molecule has 168 valence electrons. The van der Waals surface area contributed by atoms with E-state index in [1.54, 1.807) is 45.3 Å². The molecule has 1 aromatic carbocycles. The highest BCUT2D eigenvalue weighted by atomic mass is 16.6. The Morgan fingerprint density at radius 2 is 1.88 bits per heavy atom. The summed E-state index contributed by atoms with van der Waals surface area (Å²) in [4.78, 5) is 30.2. The molecule has 1 aliphatic rings. The minimum atomic E-state index is -0.422. The normalized spacial score (nSPS) is 14.1. The summed E-state index contributed by atoms with van der Waals surface area (Å²) in [5, 5.41) is 3.83. The zero-order chi connectivity index (χ0) is 22.8. The molecule has 1 aliphatic heterocycles. The zero-order valence-corrected chi connectivity index (χ0v) is 18.5. The fourth-order valence-electron chi connectivity index (χ4n) is 4.00. The van der Waals surface area contributed by atoms with Crippen LogP contribution in [-0.4, -0.2) is 61.0 Å². The Morgan fingerprint density at radius 1 is 1.19 bits per heavy atom. The Morgan fingerprint density at radius 3 is 2.50 bits per heavy atom. The number of hydrogen-bond donors (Lipinski definition) is 1. The van der Waals surface area contributed by atoms with E-state index >= 15 is 0 Å². The van der Waals surface area contributed by atoms with E-state index in [0.717, 1.165) is 22.1 Å². The Hall–Kier alpha value is -3.59. The van der Waals surface area contributed by atoms with Gasteiger partial charge in [-0.1, -0.05) is 0 Å². The van der Waals surface area contributed by atoms with E-state index in [1.807, 2.05) is 24.4 Å². The summed E-state index contributed by atoms with van der Waals surface area (Å²) in [7, 11) is 6.51. The lowest BCUT2D eigenvalue weighted by molar-refractivity contribution is -0.0170. The fraction of sp³-hybridized carbons (Fsp3) is 0.348. The first-order valence-corrected chi connectivity index (χ1v) is 10.2. The summed E-state index contributed by atoms with van der Waals surface area (Å²) >= 11 is 0. The van der Waals surface area contributed by atoms with E-state index in [1.165, 1.54) is 0 Å². The molecule has 1 amide bonds. The van der Waals surface area contributed by atoms with Crippen molar-refractivity contribution in [3.8, 4) is 22.6 Å². The van der Waals surface area contributed by atoms with Crippen LogP contribution in [0, 0.1) is 0 Å². The first kappa shape index (κ1) is 21.6. The van der Waals surface area contributed by atoms with Crippen molar-refractivity contribution in [1.82, 2.24) is 19.8 Å². The molecule has 0 saturated carbocycles. The number of nitrogens with zero attached hydrogens (tertiary/aromatic N) is 3. The number of nitrogens with one attached hydrogen (secondary N) is 1. The van der Waals surface area contributed by atoms with Gasteiger partial charge in [0, 0.05) is 57.9 Å². The number of methoxy groups -OCH3 is 2. The van der Waals surface area contributed by atoms with Gasteiger partial charge in [0.1, 0.15) is 17.6 Å². The third-order valence-electron chi connectivity index (χ3n) is 5.69. The lowest BCUT2D eigenvalue weighted by Gasteiger charge is -2.38. The van der Waals surface area contributed by atoms with E-state index in [-0.39, 0.29) is 11.7 Å². The van der Waals surface area contributed by atoms with Gasteiger partial charge >= 0.3 is 6.09 Å². The minimum absolute atomic E-state index is 0.0984. The summed E-state index contributed by atoms with van der Waals surface area (Å²) < 4.78 is 18.2. The monoisotopic (exact) mass is 438 g/mol. The Labute approximate surface area is 185 Å². The molecule has 0 aliphatic carbocycles. The average Bonchev–Trinajstić information content (AvgIpc) is 2.79. The van der Waals surface area contributed by atoms with Gasteiger partial charge in [0.15, 0.2) is 0 Å². The third-order valence-corrected chi connectivity index (χ3v) is 5.69. The number of ether oxygens (including phenoxy) is 3. The van der Waals surface area contributed by atoms with Crippen LogP contribution in [0.5, 0.6) is 11.5 Å². The zero-order valence-electron chi connectivity index (χ0n) is 18.5. The van der Waals surface area contributed by atoms with E-state index in [0.29, 0.717) is 36.5 Å². The molecule has 0 unspecified atom stereocenters. The van der Waals surface area contributed by atoms with Crippen LogP contribution in [0.25, 0.3) is 21.9 Å². The number of hydrogen-bond acceptors (Lipinski definition) is 7. The van der Waals surface area contributed by atoms with Crippen molar-refractivity contribution in [3.05, 3.63) is 52.7 Å². The van der Waals surface area contributed by atoms with E-state index in [2.05, 4.69) is 15.2 Å². The number of aryl methyl sites for hydroxylation is 1. The highest BCUT2D eigenvalue weighted by Crippen LogP contribution is 2.38. The number of alkyl carbamates (subject to hydrolysis) is 1. The maximum atomic E-state index is 12.5. The van der Waals surface area contributed by atoms with Crippen LogP contribution in [0.1, 0.15) is 5.56 Å². The number of likely N-dealkylation sites (tertiary alicyclic amines) is 1. The maximum Gasteiger partial charge on any atom is 0.407 e.